The van der Waals surface area contributed by atoms with Crippen molar-refractivity contribution in [3.63, 3.8) is 0 Å². The summed E-state index contributed by atoms with van der Waals surface area (Å²) in [5.74, 6) is -0.0458. The van der Waals surface area contributed by atoms with Crippen LogP contribution in [0.1, 0.15) is 66.6 Å². The van der Waals surface area contributed by atoms with Crippen LogP contribution in [0, 0.1) is 5.92 Å². The van der Waals surface area contributed by atoms with E-state index in [-0.39, 0.29) is 18.7 Å². The van der Waals surface area contributed by atoms with E-state index in [1.165, 1.54) is 0 Å². The van der Waals surface area contributed by atoms with Gasteiger partial charge in [-0.1, -0.05) is 38.1 Å². The number of para-hydroxylation sites is 1. The van der Waals surface area contributed by atoms with Gasteiger partial charge in [0, 0.05) is 48.9 Å². The van der Waals surface area contributed by atoms with Gasteiger partial charge in [-0.3, -0.25) is 9.78 Å². The van der Waals surface area contributed by atoms with Gasteiger partial charge in [0.05, 0.1) is 12.6 Å². The third-order valence-electron chi connectivity index (χ3n) is 6.32. The molecular formula is C29H35N5O4. The van der Waals surface area contributed by atoms with E-state index < -0.39 is 24.0 Å². The summed E-state index contributed by atoms with van der Waals surface area (Å²) in [6.07, 6.45) is 4.84. The summed E-state index contributed by atoms with van der Waals surface area (Å²) in [6, 6.07) is 12.1. The molecule has 200 valence electrons. The number of pyridine rings is 1. The zero-order valence-electron chi connectivity index (χ0n) is 22.3. The van der Waals surface area contributed by atoms with E-state index in [0.29, 0.717) is 36.1 Å². The van der Waals surface area contributed by atoms with E-state index in [1.54, 1.807) is 25.3 Å². The lowest BCUT2D eigenvalue weighted by Gasteiger charge is -2.16. The standard InChI is InChI=1S/C29H35N5O4/c1-5-37-29(36)23(16-20-10-8-9-13-31-20)32-27(35)26-25(38-28(33-26)22(30)14-18(2)3)15-19-17-34(4)24-12-7-6-11-21(19)24/h6-13,17-18,22-23H,5,14-16,30H2,1-4H3,(H,32,35)/t22-,23+/m0/s1. The normalized spacial score (nSPS) is 13.0. The molecule has 0 spiro atoms. The Labute approximate surface area is 222 Å². The molecular weight excluding hydrogens is 482 g/mol. The number of esters is 1. The molecule has 0 saturated heterocycles. The highest BCUT2D eigenvalue weighted by atomic mass is 16.5. The SMILES string of the molecule is CCOC(=O)[C@@H](Cc1ccccn1)NC(=O)c1nc([C@@H](N)CC(C)C)oc1Cc1cn(C)c2ccccc12. The van der Waals surface area contributed by atoms with Crippen molar-refractivity contribution in [2.45, 2.75) is 52.1 Å². The number of hydrogen-bond acceptors (Lipinski definition) is 7. The van der Waals surface area contributed by atoms with Crippen molar-refractivity contribution in [2.75, 3.05) is 6.61 Å². The molecule has 0 aliphatic carbocycles. The minimum atomic E-state index is -0.938. The predicted molar refractivity (Wildman–Crippen MR) is 144 cm³/mol. The number of nitrogens with two attached hydrogens (primary N) is 1. The molecule has 3 aromatic heterocycles. The van der Waals surface area contributed by atoms with Gasteiger partial charge in [0.15, 0.2) is 5.69 Å². The summed E-state index contributed by atoms with van der Waals surface area (Å²) < 4.78 is 13.4. The number of oxazole rings is 1. The Bertz CT molecular complexity index is 1390. The quantitative estimate of drug-likeness (QED) is 0.287. The molecule has 4 aromatic rings. The second-order valence-corrected chi connectivity index (χ2v) is 9.82. The molecule has 0 aliphatic heterocycles. The molecule has 0 unspecified atom stereocenters. The Balaban J connectivity index is 1.67. The largest absolute Gasteiger partial charge is 0.464 e. The first-order valence-electron chi connectivity index (χ1n) is 12.9. The van der Waals surface area contributed by atoms with Crippen molar-refractivity contribution in [3.8, 4) is 0 Å². The van der Waals surface area contributed by atoms with Crippen LogP contribution in [0.2, 0.25) is 0 Å². The average Bonchev–Trinajstić information content (AvgIpc) is 3.46. The number of aryl methyl sites for hydroxylation is 1. The fraction of sp³-hybridized carbons (Fsp3) is 0.379. The second kappa shape index (κ2) is 12.0. The lowest BCUT2D eigenvalue weighted by atomic mass is 10.0. The van der Waals surface area contributed by atoms with Gasteiger partial charge < -0.3 is 24.8 Å². The highest BCUT2D eigenvalue weighted by Crippen LogP contribution is 2.27. The summed E-state index contributed by atoms with van der Waals surface area (Å²) in [5.41, 5.74) is 9.22. The number of ether oxygens (including phenoxy) is 1. The van der Waals surface area contributed by atoms with Crippen molar-refractivity contribution < 1.29 is 18.7 Å². The first-order valence-corrected chi connectivity index (χ1v) is 12.9. The van der Waals surface area contributed by atoms with E-state index in [2.05, 4.69) is 29.1 Å². The second-order valence-electron chi connectivity index (χ2n) is 9.82. The first-order chi connectivity index (χ1) is 18.3. The van der Waals surface area contributed by atoms with Crippen LogP contribution >= 0.6 is 0 Å². The molecule has 9 heteroatoms. The zero-order valence-corrected chi connectivity index (χ0v) is 22.3. The number of rotatable bonds is 11. The van der Waals surface area contributed by atoms with Gasteiger partial charge in [-0.15, -0.1) is 0 Å². The fourth-order valence-electron chi connectivity index (χ4n) is 4.56. The summed E-state index contributed by atoms with van der Waals surface area (Å²) >= 11 is 0. The Kier molecular flexibility index (Phi) is 8.58. The average molecular weight is 518 g/mol. The number of carbonyl (C=O) groups is 2. The summed E-state index contributed by atoms with van der Waals surface area (Å²) in [7, 11) is 1.98. The maximum atomic E-state index is 13.6. The van der Waals surface area contributed by atoms with Crippen LogP contribution in [0.15, 0.2) is 59.3 Å². The zero-order chi connectivity index (χ0) is 27.2. The van der Waals surface area contributed by atoms with Crippen molar-refractivity contribution in [1.29, 1.82) is 0 Å². The number of aromatic nitrogens is 3. The van der Waals surface area contributed by atoms with Gasteiger partial charge in [0.25, 0.3) is 5.91 Å². The van der Waals surface area contributed by atoms with Gasteiger partial charge >= 0.3 is 5.97 Å². The molecule has 9 nitrogen and oxygen atoms in total. The molecule has 4 rings (SSSR count). The van der Waals surface area contributed by atoms with E-state index in [0.717, 1.165) is 16.5 Å². The van der Waals surface area contributed by atoms with Crippen LogP contribution in [0.5, 0.6) is 0 Å². The van der Waals surface area contributed by atoms with Crippen molar-refractivity contribution in [1.82, 2.24) is 19.9 Å². The Morgan fingerprint density at radius 2 is 1.92 bits per heavy atom. The number of benzene rings is 1. The van der Waals surface area contributed by atoms with Crippen molar-refractivity contribution in [2.24, 2.45) is 18.7 Å². The molecule has 0 aliphatic rings. The van der Waals surface area contributed by atoms with E-state index in [9.17, 15) is 9.59 Å². The van der Waals surface area contributed by atoms with Crippen LogP contribution in [-0.4, -0.2) is 39.1 Å². The molecule has 0 radical (unpaired) electrons. The molecule has 3 heterocycles. The van der Waals surface area contributed by atoms with Crippen molar-refractivity contribution in [3.05, 3.63) is 83.5 Å². The summed E-state index contributed by atoms with van der Waals surface area (Å²) in [5, 5.41) is 3.87. The Hall–Kier alpha value is -3.98. The Morgan fingerprint density at radius 3 is 2.63 bits per heavy atom. The van der Waals surface area contributed by atoms with Crippen LogP contribution in [0.25, 0.3) is 10.9 Å². The van der Waals surface area contributed by atoms with Gasteiger partial charge in [-0.2, -0.15) is 0 Å². The van der Waals surface area contributed by atoms with Crippen LogP contribution < -0.4 is 11.1 Å². The minimum Gasteiger partial charge on any atom is -0.464 e. The van der Waals surface area contributed by atoms with Gasteiger partial charge in [-0.05, 0) is 43.0 Å². The number of hydrogen-bond donors (Lipinski definition) is 2. The molecule has 38 heavy (non-hydrogen) atoms. The topological polar surface area (TPSA) is 125 Å². The van der Waals surface area contributed by atoms with Gasteiger partial charge in [0.2, 0.25) is 5.89 Å². The molecule has 0 saturated carbocycles. The van der Waals surface area contributed by atoms with Crippen LogP contribution in [0.3, 0.4) is 0 Å². The predicted octanol–water partition coefficient (Wildman–Crippen LogP) is 4.10. The summed E-state index contributed by atoms with van der Waals surface area (Å²) in [4.78, 5) is 35.1. The number of fused-ring (bicyclic) bond motifs is 1. The van der Waals surface area contributed by atoms with Crippen LogP contribution in [0.4, 0.5) is 0 Å². The lowest BCUT2D eigenvalue weighted by molar-refractivity contribution is -0.145. The highest BCUT2D eigenvalue weighted by Gasteiger charge is 2.29. The first kappa shape index (κ1) is 27.1. The minimum absolute atomic E-state index is 0.113. The van der Waals surface area contributed by atoms with E-state index in [4.69, 9.17) is 14.9 Å². The maximum Gasteiger partial charge on any atom is 0.329 e. The van der Waals surface area contributed by atoms with E-state index in [1.807, 2.05) is 48.1 Å². The smallest absolute Gasteiger partial charge is 0.329 e. The van der Waals surface area contributed by atoms with Crippen molar-refractivity contribution >= 4 is 22.8 Å². The fourth-order valence-corrected chi connectivity index (χ4v) is 4.56. The van der Waals surface area contributed by atoms with Gasteiger partial charge in [-0.25, -0.2) is 9.78 Å². The Morgan fingerprint density at radius 1 is 1.16 bits per heavy atom. The monoisotopic (exact) mass is 517 g/mol. The third-order valence-corrected chi connectivity index (χ3v) is 6.32. The third kappa shape index (κ3) is 6.28. The van der Waals surface area contributed by atoms with E-state index >= 15 is 0 Å². The maximum absolute atomic E-state index is 13.6. The van der Waals surface area contributed by atoms with Crippen LogP contribution in [-0.2, 0) is 29.4 Å². The number of nitrogens with one attached hydrogen (secondary N) is 1. The molecule has 3 N–H and O–H groups in total. The molecule has 2 atom stereocenters. The number of amides is 1. The highest BCUT2D eigenvalue weighted by molar-refractivity contribution is 5.96. The molecule has 0 fully saturated rings. The molecule has 1 amide bonds. The number of nitrogens with zero attached hydrogens (tertiary/aromatic N) is 3. The van der Waals surface area contributed by atoms with Gasteiger partial charge in [0.1, 0.15) is 11.8 Å². The number of carbonyl (C=O) groups excluding carboxylic acids is 2. The lowest BCUT2D eigenvalue weighted by Crippen LogP contribution is -2.44. The molecule has 1 aromatic carbocycles. The molecule has 0 bridgehead atoms. The summed E-state index contributed by atoms with van der Waals surface area (Å²) in [6.45, 7) is 6.04.